The summed E-state index contributed by atoms with van der Waals surface area (Å²) in [6.07, 6.45) is 0. The zero-order valence-corrected chi connectivity index (χ0v) is 12.6. The number of hydrogen-bond acceptors (Lipinski definition) is 2. The van der Waals surface area contributed by atoms with Gasteiger partial charge in [-0.15, -0.1) is 0 Å². The maximum Gasteiger partial charge on any atom is 0.575 e. The van der Waals surface area contributed by atoms with Crippen LogP contribution in [0.4, 0.5) is 39.5 Å². The smallest absolute Gasteiger partial charge is 0.532 e. The van der Waals surface area contributed by atoms with Gasteiger partial charge in [-0.05, 0) is 12.1 Å². The topological polar surface area (TPSA) is 29.5 Å². The van der Waals surface area contributed by atoms with Crippen molar-refractivity contribution in [3.05, 3.63) is 70.1 Å². The molecule has 0 bridgehead atoms. The third kappa shape index (κ3) is 2.58. The van der Waals surface area contributed by atoms with E-state index in [0.717, 1.165) is 0 Å². The molecule has 2 nitrogen and oxygen atoms in total. The van der Waals surface area contributed by atoms with Crippen LogP contribution in [-0.2, 0) is 5.57 Å². The molecule has 1 atom stereocenters. The summed E-state index contributed by atoms with van der Waals surface area (Å²) in [4.78, 5) is 0. The highest BCUT2D eigenvalue weighted by Crippen LogP contribution is 2.52. The summed E-state index contributed by atoms with van der Waals surface area (Å²) in [5.41, 5.74) is -8.44. The number of halogens is 9. The molecular formula is C15H4BF9O2. The van der Waals surface area contributed by atoms with Crippen LogP contribution in [0.1, 0.15) is 11.1 Å². The Morgan fingerprint density at radius 2 is 1.44 bits per heavy atom. The minimum absolute atomic E-state index is 0.276. The predicted octanol–water partition coefficient (Wildman–Crippen LogP) is 4.41. The van der Waals surface area contributed by atoms with Gasteiger partial charge in [0.1, 0.15) is 11.6 Å². The van der Waals surface area contributed by atoms with Gasteiger partial charge in [0, 0.05) is 11.6 Å². The number of rotatable bonds is 3. The summed E-state index contributed by atoms with van der Waals surface area (Å²) in [6.45, 7) is 0. The summed E-state index contributed by atoms with van der Waals surface area (Å²) in [6, 6.07) is 1.34. The Labute approximate surface area is 144 Å². The Morgan fingerprint density at radius 3 is 2.07 bits per heavy atom. The highest BCUT2D eigenvalue weighted by Gasteiger charge is 2.62. The zero-order valence-electron chi connectivity index (χ0n) is 12.6. The van der Waals surface area contributed by atoms with E-state index in [1.807, 2.05) is 0 Å². The van der Waals surface area contributed by atoms with Crippen molar-refractivity contribution in [2.24, 2.45) is 0 Å². The van der Waals surface area contributed by atoms with E-state index >= 15 is 4.39 Å². The fourth-order valence-electron chi connectivity index (χ4n) is 2.56. The van der Waals surface area contributed by atoms with Crippen LogP contribution in [0.2, 0.25) is 0 Å². The van der Waals surface area contributed by atoms with Gasteiger partial charge < -0.3 is 9.68 Å². The molecule has 2 aromatic rings. The fraction of sp³-hybridized carbons (Fsp3) is 0.0667. The molecule has 1 N–H and O–H groups in total. The Morgan fingerprint density at radius 1 is 0.852 bits per heavy atom. The number of fused-ring (bicyclic) bond motifs is 1. The van der Waals surface area contributed by atoms with Gasteiger partial charge in [-0.3, -0.25) is 0 Å². The minimum atomic E-state index is -4.42. The highest BCUT2D eigenvalue weighted by atomic mass is 19.2. The second-order valence-electron chi connectivity index (χ2n) is 5.39. The molecule has 0 radical (unpaired) electrons. The Bertz CT molecular complexity index is 994. The quantitative estimate of drug-likeness (QED) is 0.360. The number of allylic oxidation sites excluding steroid dienone is 1. The van der Waals surface area contributed by atoms with E-state index in [2.05, 4.69) is 4.65 Å². The predicted molar refractivity (Wildman–Crippen MR) is 73.2 cm³/mol. The van der Waals surface area contributed by atoms with Crippen molar-refractivity contribution in [2.45, 2.75) is 5.57 Å². The summed E-state index contributed by atoms with van der Waals surface area (Å²) in [5, 5.41) is 9.75. The Hall–Kier alpha value is -2.63. The van der Waals surface area contributed by atoms with E-state index in [4.69, 9.17) is 0 Å². The summed E-state index contributed by atoms with van der Waals surface area (Å²) < 4.78 is 128. The minimum Gasteiger partial charge on any atom is -0.532 e. The van der Waals surface area contributed by atoms with Gasteiger partial charge in [-0.25, -0.2) is 39.5 Å². The van der Waals surface area contributed by atoms with E-state index in [9.17, 15) is 40.1 Å². The van der Waals surface area contributed by atoms with E-state index in [1.165, 1.54) is 0 Å². The molecule has 0 saturated carbocycles. The lowest BCUT2D eigenvalue weighted by atomic mass is 9.65. The molecule has 12 heteroatoms. The van der Waals surface area contributed by atoms with E-state index in [-0.39, 0.29) is 6.07 Å². The molecule has 142 valence electrons. The molecule has 0 spiro atoms. The third-order valence-corrected chi connectivity index (χ3v) is 3.83. The van der Waals surface area contributed by atoms with Gasteiger partial charge >= 0.3 is 7.12 Å². The Balaban J connectivity index is 2.18. The first-order valence-electron chi connectivity index (χ1n) is 6.93. The fourth-order valence-corrected chi connectivity index (χ4v) is 2.56. The van der Waals surface area contributed by atoms with Crippen LogP contribution in [0.25, 0.3) is 5.83 Å². The summed E-state index contributed by atoms with van der Waals surface area (Å²) in [5.74, 6) is -19.0. The van der Waals surface area contributed by atoms with Crippen molar-refractivity contribution < 1.29 is 49.2 Å². The first-order valence-corrected chi connectivity index (χ1v) is 6.93. The van der Waals surface area contributed by atoms with Crippen molar-refractivity contribution in [1.29, 1.82) is 0 Å². The molecule has 0 heterocycles. The first kappa shape index (κ1) is 19.1. The molecular weight excluding hydrogens is 394 g/mol. The first-order chi connectivity index (χ1) is 12.5. The monoisotopic (exact) mass is 398 g/mol. The molecule has 0 aromatic heterocycles. The molecule has 0 saturated heterocycles. The molecule has 3 rings (SSSR count). The van der Waals surface area contributed by atoms with Gasteiger partial charge in [-0.2, -0.15) is 0 Å². The van der Waals surface area contributed by atoms with E-state index in [1.54, 1.807) is 0 Å². The lowest BCUT2D eigenvalue weighted by Crippen LogP contribution is -2.45. The standard InChI is InChI=1S/C15H4BF9O2/c17-4-1-2-5(18)6(3-4)27-16(26)15(25)8-7(10(20)14(15)24)9(19)12(22)13(23)11(8)21/h1-3,26H. The average Bonchev–Trinajstić information content (AvgIpc) is 2.83. The largest absolute Gasteiger partial charge is 0.575 e. The van der Waals surface area contributed by atoms with Crippen LogP contribution in [0.15, 0.2) is 24.0 Å². The second kappa shape index (κ2) is 6.22. The van der Waals surface area contributed by atoms with Gasteiger partial charge in [0.2, 0.25) is 5.57 Å². The molecule has 0 amide bonds. The molecule has 0 aliphatic heterocycles. The number of alkyl halides is 1. The number of hydrogen-bond donors (Lipinski definition) is 1. The molecule has 2 aromatic carbocycles. The van der Waals surface area contributed by atoms with Crippen molar-refractivity contribution in [1.82, 2.24) is 0 Å². The van der Waals surface area contributed by atoms with E-state index < -0.39 is 76.1 Å². The Kier molecular flexibility index (Phi) is 4.41. The van der Waals surface area contributed by atoms with Gasteiger partial charge in [-0.1, -0.05) is 0 Å². The normalized spacial score (nSPS) is 18.7. The lowest BCUT2D eigenvalue weighted by molar-refractivity contribution is 0.203. The SMILES string of the molecule is OB(Oc1cc(F)ccc1F)C1(F)C(F)=C(F)c2c(F)c(F)c(F)c(F)c21. The second-order valence-corrected chi connectivity index (χ2v) is 5.39. The molecule has 1 unspecified atom stereocenters. The van der Waals surface area contributed by atoms with Crippen LogP contribution >= 0.6 is 0 Å². The maximum absolute atomic E-state index is 15.1. The average molecular weight is 398 g/mol. The van der Waals surface area contributed by atoms with Gasteiger partial charge in [0.15, 0.2) is 40.7 Å². The molecule has 1 aliphatic rings. The maximum atomic E-state index is 15.1. The van der Waals surface area contributed by atoms with Crippen molar-refractivity contribution in [2.75, 3.05) is 0 Å². The summed E-state index contributed by atoms with van der Waals surface area (Å²) >= 11 is 0. The van der Waals surface area contributed by atoms with E-state index in [0.29, 0.717) is 12.1 Å². The van der Waals surface area contributed by atoms with Gasteiger partial charge in [0.25, 0.3) is 0 Å². The number of benzene rings is 2. The van der Waals surface area contributed by atoms with Gasteiger partial charge in [0.05, 0.1) is 5.56 Å². The lowest BCUT2D eigenvalue weighted by Gasteiger charge is -2.24. The van der Waals surface area contributed by atoms with Crippen molar-refractivity contribution in [3.63, 3.8) is 0 Å². The van der Waals surface area contributed by atoms with Crippen LogP contribution in [0.5, 0.6) is 5.75 Å². The van der Waals surface area contributed by atoms with Crippen LogP contribution in [0, 0.1) is 34.9 Å². The third-order valence-electron chi connectivity index (χ3n) is 3.83. The molecule has 0 fully saturated rings. The highest BCUT2D eigenvalue weighted by molar-refractivity contribution is 6.49. The van der Waals surface area contributed by atoms with Crippen LogP contribution < -0.4 is 4.65 Å². The zero-order chi connectivity index (χ0) is 20.3. The van der Waals surface area contributed by atoms with Crippen LogP contribution in [-0.4, -0.2) is 12.1 Å². The van der Waals surface area contributed by atoms with Crippen molar-refractivity contribution in [3.8, 4) is 5.75 Å². The van der Waals surface area contributed by atoms with Crippen molar-refractivity contribution >= 4 is 12.9 Å². The summed E-state index contributed by atoms with van der Waals surface area (Å²) in [7, 11) is -3.33. The molecule has 27 heavy (non-hydrogen) atoms. The van der Waals surface area contributed by atoms with Crippen LogP contribution in [0.3, 0.4) is 0 Å². The molecule has 1 aliphatic carbocycles.